The summed E-state index contributed by atoms with van der Waals surface area (Å²) in [5.74, 6) is -0.714. The predicted molar refractivity (Wildman–Crippen MR) is 114 cm³/mol. The second-order valence-corrected chi connectivity index (χ2v) is 10.8. The maximum atomic E-state index is 12.7. The number of nitrogens with zero attached hydrogens (tertiary/aromatic N) is 1. The molecule has 2 aromatic rings. The number of sulfonamides is 2. The average molecular weight is 453 g/mol. The maximum Gasteiger partial charge on any atom is 0.244 e. The van der Waals surface area contributed by atoms with Crippen molar-refractivity contribution in [1.82, 2.24) is 4.72 Å². The van der Waals surface area contributed by atoms with E-state index in [1.807, 2.05) is 18.2 Å². The van der Waals surface area contributed by atoms with E-state index in [2.05, 4.69) is 4.72 Å². The molecule has 162 valence electrons. The highest BCUT2D eigenvalue weighted by molar-refractivity contribution is 7.94. The first-order chi connectivity index (χ1) is 14.1. The standard InChI is InChI=1S/C20H24N2O6S2/c1-14-12-17(22-20(23)15(2)13-29(22,24)25)8-9-19(14)30(26,27)21-11-10-16-6-4-5-7-18(16)28-3/h4-9,12,15,21H,10-11,13H2,1-3H3/t15-/m0/s1. The number of ether oxygens (including phenoxy) is 1. The van der Waals surface area contributed by atoms with Crippen LogP contribution >= 0.6 is 0 Å². The van der Waals surface area contributed by atoms with E-state index in [0.717, 1.165) is 9.87 Å². The van der Waals surface area contributed by atoms with E-state index in [1.165, 1.54) is 18.2 Å². The summed E-state index contributed by atoms with van der Waals surface area (Å²) in [5, 5.41) is 0. The molecule has 1 heterocycles. The normalized spacial score (nSPS) is 18.6. The highest BCUT2D eigenvalue weighted by atomic mass is 32.2. The quantitative estimate of drug-likeness (QED) is 0.686. The molecule has 2 aromatic carbocycles. The van der Waals surface area contributed by atoms with Gasteiger partial charge in [-0.3, -0.25) is 4.79 Å². The van der Waals surface area contributed by atoms with Crippen LogP contribution in [-0.2, 0) is 31.3 Å². The summed E-state index contributed by atoms with van der Waals surface area (Å²) in [4.78, 5) is 12.3. The first kappa shape index (κ1) is 22.3. The van der Waals surface area contributed by atoms with Crippen molar-refractivity contribution in [2.24, 2.45) is 5.92 Å². The second kappa shape index (κ2) is 8.37. The molecule has 1 saturated heterocycles. The number of aryl methyl sites for hydroxylation is 1. The molecule has 0 aliphatic carbocycles. The van der Waals surface area contributed by atoms with Crippen LogP contribution in [0, 0.1) is 12.8 Å². The predicted octanol–water partition coefficient (Wildman–Crippen LogP) is 1.84. The fourth-order valence-corrected chi connectivity index (χ4v) is 6.52. The van der Waals surface area contributed by atoms with Crippen LogP contribution in [0.3, 0.4) is 0 Å². The number of carbonyl (C=O) groups excluding carboxylic acids is 1. The zero-order chi connectivity index (χ0) is 22.1. The largest absolute Gasteiger partial charge is 0.496 e. The van der Waals surface area contributed by atoms with Gasteiger partial charge in [-0.15, -0.1) is 0 Å². The summed E-state index contributed by atoms with van der Waals surface area (Å²) >= 11 is 0. The van der Waals surface area contributed by atoms with Crippen LogP contribution < -0.4 is 13.8 Å². The van der Waals surface area contributed by atoms with Crippen molar-refractivity contribution in [2.75, 3.05) is 23.7 Å². The summed E-state index contributed by atoms with van der Waals surface area (Å²) < 4.78 is 58.6. The number of amides is 1. The Kier molecular flexibility index (Phi) is 6.21. The molecule has 8 nitrogen and oxygen atoms in total. The third kappa shape index (κ3) is 4.35. The summed E-state index contributed by atoms with van der Waals surface area (Å²) in [6, 6.07) is 11.4. The van der Waals surface area contributed by atoms with Gasteiger partial charge in [0.15, 0.2) is 0 Å². The SMILES string of the molecule is COc1ccccc1CCNS(=O)(=O)c1ccc(N2C(=O)[C@@H](C)CS2(=O)=O)cc1C. The van der Waals surface area contributed by atoms with Gasteiger partial charge in [0.1, 0.15) is 5.75 Å². The maximum absolute atomic E-state index is 12.7. The summed E-state index contributed by atoms with van der Waals surface area (Å²) in [6.45, 7) is 3.28. The van der Waals surface area contributed by atoms with Crippen molar-refractivity contribution in [3.05, 3.63) is 53.6 Å². The Labute approximate surface area is 177 Å². The number of nitrogens with one attached hydrogen (secondary N) is 1. The molecular weight excluding hydrogens is 428 g/mol. The van der Waals surface area contributed by atoms with E-state index in [0.29, 0.717) is 17.7 Å². The molecule has 0 unspecified atom stereocenters. The minimum absolute atomic E-state index is 0.0309. The van der Waals surface area contributed by atoms with Crippen LogP contribution in [0.5, 0.6) is 5.75 Å². The fraction of sp³-hybridized carbons (Fsp3) is 0.350. The molecule has 0 radical (unpaired) electrons. The molecule has 0 aromatic heterocycles. The van der Waals surface area contributed by atoms with Crippen LogP contribution in [0.4, 0.5) is 5.69 Å². The molecule has 0 spiro atoms. The molecule has 30 heavy (non-hydrogen) atoms. The molecule has 10 heteroatoms. The highest BCUT2D eigenvalue weighted by Crippen LogP contribution is 2.30. The molecular formula is C20H24N2O6S2. The van der Waals surface area contributed by atoms with E-state index >= 15 is 0 Å². The van der Waals surface area contributed by atoms with Crippen molar-refractivity contribution in [3.63, 3.8) is 0 Å². The number of rotatable bonds is 7. The van der Waals surface area contributed by atoms with Gasteiger partial charge in [-0.25, -0.2) is 25.9 Å². The lowest BCUT2D eigenvalue weighted by Crippen LogP contribution is -2.31. The zero-order valence-corrected chi connectivity index (χ0v) is 18.6. The number of benzene rings is 2. The van der Waals surface area contributed by atoms with Gasteiger partial charge in [0.25, 0.3) is 0 Å². The monoisotopic (exact) mass is 452 g/mol. The van der Waals surface area contributed by atoms with Gasteiger partial charge in [0.05, 0.1) is 29.4 Å². The molecule has 1 aliphatic rings. The van der Waals surface area contributed by atoms with Crippen LogP contribution in [0.2, 0.25) is 0 Å². The van der Waals surface area contributed by atoms with E-state index in [9.17, 15) is 21.6 Å². The minimum atomic E-state index is -3.82. The Morgan fingerprint density at radius 2 is 1.90 bits per heavy atom. The Bertz CT molecular complexity index is 1180. The second-order valence-electron chi connectivity index (χ2n) is 7.19. The zero-order valence-electron chi connectivity index (χ0n) is 17.0. The molecule has 0 bridgehead atoms. The molecule has 1 aliphatic heterocycles. The number of para-hydroxylation sites is 1. The van der Waals surface area contributed by atoms with Crippen LogP contribution in [0.15, 0.2) is 47.4 Å². The fourth-order valence-electron chi connectivity index (χ4n) is 3.46. The van der Waals surface area contributed by atoms with Crippen molar-refractivity contribution in [3.8, 4) is 5.75 Å². The highest BCUT2D eigenvalue weighted by Gasteiger charge is 2.42. The van der Waals surface area contributed by atoms with E-state index < -0.39 is 31.9 Å². The van der Waals surface area contributed by atoms with Gasteiger partial charge in [-0.05, 0) is 48.7 Å². The van der Waals surface area contributed by atoms with Gasteiger partial charge in [-0.2, -0.15) is 0 Å². The Hall–Kier alpha value is -2.43. The van der Waals surface area contributed by atoms with Crippen LogP contribution in [0.1, 0.15) is 18.1 Å². The van der Waals surface area contributed by atoms with Gasteiger partial charge in [0.2, 0.25) is 26.0 Å². The number of hydrogen-bond donors (Lipinski definition) is 1. The first-order valence-corrected chi connectivity index (χ1v) is 12.4. The summed E-state index contributed by atoms with van der Waals surface area (Å²) in [6.07, 6.45) is 0.443. The minimum Gasteiger partial charge on any atom is -0.496 e. The van der Waals surface area contributed by atoms with Gasteiger partial charge >= 0.3 is 0 Å². The summed E-state index contributed by atoms with van der Waals surface area (Å²) in [5.41, 5.74) is 1.37. The third-order valence-electron chi connectivity index (χ3n) is 4.92. The molecule has 0 saturated carbocycles. The van der Waals surface area contributed by atoms with E-state index in [-0.39, 0.29) is 22.9 Å². The third-order valence-corrected chi connectivity index (χ3v) is 8.41. The van der Waals surface area contributed by atoms with Crippen molar-refractivity contribution in [2.45, 2.75) is 25.2 Å². The van der Waals surface area contributed by atoms with Crippen molar-refractivity contribution >= 4 is 31.6 Å². The lowest BCUT2D eigenvalue weighted by Gasteiger charge is -2.17. The molecule has 1 atom stereocenters. The Morgan fingerprint density at radius 3 is 2.50 bits per heavy atom. The molecule has 1 fully saturated rings. The van der Waals surface area contributed by atoms with Crippen LogP contribution in [-0.4, -0.2) is 42.2 Å². The topological polar surface area (TPSA) is 110 Å². The van der Waals surface area contributed by atoms with Gasteiger partial charge < -0.3 is 4.74 Å². The number of methoxy groups -OCH3 is 1. The number of carbonyl (C=O) groups is 1. The molecule has 3 rings (SSSR count). The van der Waals surface area contributed by atoms with Gasteiger partial charge in [-0.1, -0.05) is 25.1 Å². The van der Waals surface area contributed by atoms with E-state index in [4.69, 9.17) is 4.74 Å². The average Bonchev–Trinajstić information content (AvgIpc) is 2.88. The number of anilines is 1. The number of hydrogen-bond acceptors (Lipinski definition) is 6. The smallest absolute Gasteiger partial charge is 0.244 e. The first-order valence-electron chi connectivity index (χ1n) is 9.36. The molecule has 1 N–H and O–H groups in total. The lowest BCUT2D eigenvalue weighted by molar-refractivity contribution is -0.119. The lowest BCUT2D eigenvalue weighted by atomic mass is 10.1. The Balaban J connectivity index is 1.78. The van der Waals surface area contributed by atoms with Crippen molar-refractivity contribution < 1.29 is 26.4 Å². The Morgan fingerprint density at radius 1 is 1.20 bits per heavy atom. The van der Waals surface area contributed by atoms with Crippen LogP contribution in [0.25, 0.3) is 0 Å². The van der Waals surface area contributed by atoms with E-state index in [1.54, 1.807) is 27.0 Å². The van der Waals surface area contributed by atoms with Crippen molar-refractivity contribution in [1.29, 1.82) is 0 Å². The molecule has 1 amide bonds. The van der Waals surface area contributed by atoms with Gasteiger partial charge in [0, 0.05) is 6.54 Å². The summed E-state index contributed by atoms with van der Waals surface area (Å²) in [7, 11) is -6.01.